The number of hydrogen-bond donors (Lipinski definition) is 0. The molecule has 0 aliphatic rings. The fourth-order valence-electron chi connectivity index (χ4n) is 7.24. The third-order valence-corrected chi connectivity index (χ3v) is 11.4. The highest BCUT2D eigenvalue weighted by molar-refractivity contribution is 5.72. The molecule has 0 fully saturated rings. The second-order valence-corrected chi connectivity index (χ2v) is 18.1. The Labute approximate surface area is 430 Å². The molecule has 6 heteroatoms. The Hall–Kier alpha value is -4.45. The van der Waals surface area contributed by atoms with Crippen LogP contribution in [0.3, 0.4) is 0 Å². The first-order chi connectivity index (χ1) is 34.5. The zero-order valence-corrected chi connectivity index (χ0v) is 45.0. The van der Waals surface area contributed by atoms with Crippen LogP contribution in [-0.4, -0.2) is 37.2 Å². The Morgan fingerprint density at radius 2 is 0.600 bits per heavy atom. The van der Waals surface area contributed by atoms with Crippen LogP contribution in [0.15, 0.2) is 134 Å². The van der Waals surface area contributed by atoms with Crippen LogP contribution >= 0.6 is 0 Å². The topological polar surface area (TPSA) is 78.9 Å². The maximum atomic E-state index is 12.8. The normalized spacial score (nSPS) is 13.1. The van der Waals surface area contributed by atoms with Gasteiger partial charge in [0, 0.05) is 12.8 Å². The molecule has 0 amide bonds. The van der Waals surface area contributed by atoms with Crippen LogP contribution in [0.4, 0.5) is 0 Å². The molecule has 6 nitrogen and oxygen atoms in total. The molecule has 1 atom stereocenters. The lowest BCUT2D eigenvalue weighted by Gasteiger charge is -2.18. The van der Waals surface area contributed by atoms with E-state index in [1.165, 1.54) is 70.6 Å². The first-order valence-electron chi connectivity index (χ1n) is 28.2. The zero-order valence-electron chi connectivity index (χ0n) is 45.0. The number of allylic oxidation sites excluding steroid dienone is 21. The molecule has 0 saturated carbocycles. The molecule has 0 bridgehead atoms. The summed E-state index contributed by atoms with van der Waals surface area (Å²) in [7, 11) is 0. The highest BCUT2D eigenvalue weighted by Crippen LogP contribution is 2.14. The van der Waals surface area contributed by atoms with E-state index < -0.39 is 12.1 Å². The zero-order chi connectivity index (χ0) is 50.7. The SMILES string of the molecule is CC/C=C\C/C=C\C/C=C\C/C=C\C/C=C\CCCCCCCCCCCC(=O)OCC(COC(=O)CCCCCCC/C=C\CCCCC)OC(=O)C/C=C\C/C=C\C/C=C\C/C=C\C/C=C\CC. The smallest absolute Gasteiger partial charge is 0.310 e. The molecule has 394 valence electrons. The molecule has 0 aliphatic heterocycles. The number of carbonyl (C=O) groups excluding carboxylic acids is 3. The Morgan fingerprint density at radius 3 is 0.957 bits per heavy atom. The third-order valence-electron chi connectivity index (χ3n) is 11.4. The molecule has 0 saturated heterocycles. The van der Waals surface area contributed by atoms with Crippen molar-refractivity contribution >= 4 is 17.9 Å². The summed E-state index contributed by atoms with van der Waals surface area (Å²) in [6, 6.07) is 0. The predicted octanol–water partition coefficient (Wildman–Crippen LogP) is 19.0. The largest absolute Gasteiger partial charge is 0.462 e. The van der Waals surface area contributed by atoms with Crippen molar-refractivity contribution in [3.05, 3.63) is 134 Å². The van der Waals surface area contributed by atoms with Gasteiger partial charge in [0.1, 0.15) is 13.2 Å². The van der Waals surface area contributed by atoms with Crippen LogP contribution < -0.4 is 0 Å². The molecule has 0 heterocycles. The van der Waals surface area contributed by atoms with Crippen molar-refractivity contribution in [2.75, 3.05) is 13.2 Å². The Kier molecular flexibility index (Phi) is 53.5. The van der Waals surface area contributed by atoms with Crippen LogP contribution in [0.2, 0.25) is 0 Å². The Morgan fingerprint density at radius 1 is 0.314 bits per heavy atom. The number of esters is 3. The van der Waals surface area contributed by atoms with E-state index >= 15 is 0 Å². The van der Waals surface area contributed by atoms with E-state index in [2.05, 4.69) is 142 Å². The second kappa shape index (κ2) is 57.1. The fourth-order valence-corrected chi connectivity index (χ4v) is 7.24. The average Bonchev–Trinajstić information content (AvgIpc) is 3.36. The van der Waals surface area contributed by atoms with E-state index in [-0.39, 0.29) is 31.6 Å². The minimum Gasteiger partial charge on any atom is -0.462 e. The summed E-state index contributed by atoms with van der Waals surface area (Å²) in [4.78, 5) is 38.0. The Bertz CT molecular complexity index is 1530. The quantitative estimate of drug-likeness (QED) is 0.0262. The highest BCUT2D eigenvalue weighted by atomic mass is 16.6. The first-order valence-corrected chi connectivity index (χ1v) is 28.2. The molecule has 0 aromatic carbocycles. The molecule has 0 rings (SSSR count). The summed E-state index contributed by atoms with van der Waals surface area (Å²) in [6.07, 6.45) is 80.4. The van der Waals surface area contributed by atoms with Gasteiger partial charge in [0.2, 0.25) is 0 Å². The fraction of sp³-hybridized carbons (Fsp3) is 0.609. The van der Waals surface area contributed by atoms with Gasteiger partial charge in [0.05, 0.1) is 6.42 Å². The van der Waals surface area contributed by atoms with Gasteiger partial charge < -0.3 is 14.2 Å². The highest BCUT2D eigenvalue weighted by Gasteiger charge is 2.19. The summed E-state index contributed by atoms with van der Waals surface area (Å²) in [6.45, 7) is 6.28. The third kappa shape index (κ3) is 54.5. The van der Waals surface area contributed by atoms with Crippen molar-refractivity contribution in [2.24, 2.45) is 0 Å². The van der Waals surface area contributed by atoms with Crippen LogP contribution in [-0.2, 0) is 28.6 Å². The average molecular weight is 968 g/mol. The number of hydrogen-bond acceptors (Lipinski definition) is 6. The minimum absolute atomic E-state index is 0.0890. The predicted molar refractivity (Wildman–Crippen MR) is 302 cm³/mol. The second-order valence-electron chi connectivity index (χ2n) is 18.1. The molecule has 0 aromatic heterocycles. The van der Waals surface area contributed by atoms with Crippen molar-refractivity contribution in [1.82, 2.24) is 0 Å². The lowest BCUT2D eigenvalue weighted by atomic mass is 10.1. The van der Waals surface area contributed by atoms with E-state index in [4.69, 9.17) is 14.2 Å². The Balaban J connectivity index is 4.42. The van der Waals surface area contributed by atoms with Crippen molar-refractivity contribution < 1.29 is 28.6 Å². The van der Waals surface area contributed by atoms with Gasteiger partial charge in [0.25, 0.3) is 0 Å². The maximum absolute atomic E-state index is 12.8. The summed E-state index contributed by atoms with van der Waals surface area (Å²) < 4.78 is 16.7. The minimum atomic E-state index is -0.842. The van der Waals surface area contributed by atoms with E-state index in [1.54, 1.807) is 6.08 Å². The summed E-state index contributed by atoms with van der Waals surface area (Å²) in [5.41, 5.74) is 0. The van der Waals surface area contributed by atoms with Gasteiger partial charge in [0.15, 0.2) is 6.10 Å². The lowest BCUT2D eigenvalue weighted by molar-refractivity contribution is -0.166. The monoisotopic (exact) mass is 967 g/mol. The van der Waals surface area contributed by atoms with Crippen molar-refractivity contribution in [3.8, 4) is 0 Å². The maximum Gasteiger partial charge on any atom is 0.310 e. The van der Waals surface area contributed by atoms with Gasteiger partial charge in [-0.3, -0.25) is 14.4 Å². The number of rotatable bonds is 49. The van der Waals surface area contributed by atoms with Crippen LogP contribution in [0.5, 0.6) is 0 Å². The first kappa shape index (κ1) is 65.5. The number of carbonyl (C=O) groups is 3. The van der Waals surface area contributed by atoms with Crippen molar-refractivity contribution in [3.63, 3.8) is 0 Å². The number of unbranched alkanes of at least 4 members (excludes halogenated alkanes) is 17. The van der Waals surface area contributed by atoms with Crippen LogP contribution in [0.1, 0.15) is 233 Å². The van der Waals surface area contributed by atoms with E-state index in [9.17, 15) is 14.4 Å². The molecular formula is C64H102O6. The van der Waals surface area contributed by atoms with Gasteiger partial charge in [-0.25, -0.2) is 0 Å². The molecule has 1 unspecified atom stereocenters. The molecule has 0 spiro atoms. The van der Waals surface area contributed by atoms with Crippen LogP contribution in [0.25, 0.3) is 0 Å². The summed E-state index contributed by atoms with van der Waals surface area (Å²) >= 11 is 0. The van der Waals surface area contributed by atoms with E-state index in [1.807, 2.05) is 6.08 Å². The molecule has 0 aromatic rings. The van der Waals surface area contributed by atoms with Gasteiger partial charge in [-0.15, -0.1) is 0 Å². The summed E-state index contributed by atoms with van der Waals surface area (Å²) in [5, 5.41) is 0. The van der Waals surface area contributed by atoms with Gasteiger partial charge in [-0.05, 0) is 116 Å². The van der Waals surface area contributed by atoms with Gasteiger partial charge in [-0.1, -0.05) is 231 Å². The van der Waals surface area contributed by atoms with Gasteiger partial charge in [-0.2, -0.15) is 0 Å². The molecule has 0 radical (unpaired) electrons. The van der Waals surface area contributed by atoms with E-state index in [0.717, 1.165) is 116 Å². The molecule has 0 N–H and O–H groups in total. The molecular weight excluding hydrogens is 865 g/mol. The molecule has 0 aliphatic carbocycles. The van der Waals surface area contributed by atoms with Crippen LogP contribution in [0, 0.1) is 0 Å². The standard InChI is InChI=1S/C64H102O6/c1-4-7-10-13-16-19-22-25-27-28-29-30-31-32-33-34-35-36-38-39-42-45-48-51-54-57-63(66)69-60-61(59-68-62(65)56-53-50-47-44-41-24-21-18-15-12-9-6-3)70-64(67)58-55-52-49-46-43-40-37-26-23-20-17-14-11-8-5-2/h7-8,10-11,16-21,25-27,29-30,32-33,37,43,46,52,55,61H,4-6,9,12-15,22-24,28,31,34-36,38-42,44-45,47-51,53-54,56-60H2,1-3H3/b10-7-,11-8-,19-16-,20-17-,21-18-,27-25-,30-29-,33-32-,37-26-,46-43-,55-52-. The molecule has 70 heavy (non-hydrogen) atoms. The summed E-state index contributed by atoms with van der Waals surface area (Å²) in [5.74, 6) is -1.08. The van der Waals surface area contributed by atoms with Gasteiger partial charge >= 0.3 is 17.9 Å². The lowest BCUT2D eigenvalue weighted by Crippen LogP contribution is -2.30. The number of ether oxygens (including phenoxy) is 3. The van der Waals surface area contributed by atoms with E-state index in [0.29, 0.717) is 19.3 Å². The van der Waals surface area contributed by atoms with Crippen molar-refractivity contribution in [2.45, 2.75) is 239 Å². The van der Waals surface area contributed by atoms with Crippen molar-refractivity contribution in [1.29, 1.82) is 0 Å².